The molecule has 0 aliphatic carbocycles. The van der Waals surface area contributed by atoms with E-state index >= 15 is 0 Å². The molecule has 18 heavy (non-hydrogen) atoms. The highest BCUT2D eigenvalue weighted by Crippen LogP contribution is 2.47. The molecule has 2 rings (SSSR count). The standard InChI is InChI=1S/C12H17NO5/c1-4-18-10-5(2)8-7(6(3)14)11(15)13(8)9(10)12(16)17/h5-8,14H,4H2,1-3H3,(H,16,17)/t5?,6-,7-,8+/m1/s1. The molecule has 1 saturated heterocycles. The first-order valence-electron chi connectivity index (χ1n) is 6.03. The fourth-order valence-corrected chi connectivity index (χ4v) is 2.87. The van der Waals surface area contributed by atoms with Crippen LogP contribution in [-0.2, 0) is 14.3 Å². The zero-order valence-electron chi connectivity index (χ0n) is 10.6. The van der Waals surface area contributed by atoms with Gasteiger partial charge in [-0.1, -0.05) is 6.92 Å². The SMILES string of the molecule is CCOC1=C(C(=O)O)N2C(=O)[C@H]([C@@H](C)O)[C@@H]2C1C. The summed E-state index contributed by atoms with van der Waals surface area (Å²) < 4.78 is 5.37. The molecule has 0 saturated carbocycles. The topological polar surface area (TPSA) is 87.1 Å². The van der Waals surface area contributed by atoms with Crippen molar-refractivity contribution < 1.29 is 24.5 Å². The van der Waals surface area contributed by atoms with Crippen LogP contribution in [0.25, 0.3) is 0 Å². The summed E-state index contributed by atoms with van der Waals surface area (Å²) in [6.07, 6.45) is -0.780. The van der Waals surface area contributed by atoms with Crippen LogP contribution in [0, 0.1) is 11.8 Å². The molecule has 6 nitrogen and oxygen atoms in total. The Hall–Kier alpha value is -1.56. The van der Waals surface area contributed by atoms with Gasteiger partial charge in [-0.2, -0.15) is 0 Å². The summed E-state index contributed by atoms with van der Waals surface area (Å²) in [7, 11) is 0. The maximum absolute atomic E-state index is 11.9. The van der Waals surface area contributed by atoms with Gasteiger partial charge in [-0.15, -0.1) is 0 Å². The second-order valence-corrected chi connectivity index (χ2v) is 4.70. The number of hydrogen-bond acceptors (Lipinski definition) is 4. The van der Waals surface area contributed by atoms with E-state index in [2.05, 4.69) is 0 Å². The van der Waals surface area contributed by atoms with Crippen LogP contribution in [0.2, 0.25) is 0 Å². The minimum absolute atomic E-state index is 0.0729. The second-order valence-electron chi connectivity index (χ2n) is 4.70. The Balaban J connectivity index is 2.37. The fraction of sp³-hybridized carbons (Fsp3) is 0.667. The van der Waals surface area contributed by atoms with Gasteiger partial charge in [0.05, 0.1) is 24.7 Å². The van der Waals surface area contributed by atoms with Gasteiger partial charge in [-0.25, -0.2) is 4.79 Å². The number of rotatable bonds is 4. The van der Waals surface area contributed by atoms with E-state index in [4.69, 9.17) is 4.74 Å². The van der Waals surface area contributed by atoms with Gasteiger partial charge in [0.2, 0.25) is 5.91 Å². The van der Waals surface area contributed by atoms with Crippen molar-refractivity contribution in [3.05, 3.63) is 11.5 Å². The number of aliphatic hydroxyl groups excluding tert-OH is 1. The zero-order chi connectivity index (χ0) is 13.6. The van der Waals surface area contributed by atoms with Gasteiger partial charge >= 0.3 is 5.97 Å². The van der Waals surface area contributed by atoms with Crippen LogP contribution in [0.4, 0.5) is 0 Å². The Labute approximate surface area is 105 Å². The van der Waals surface area contributed by atoms with Crippen molar-refractivity contribution in [3.8, 4) is 0 Å². The van der Waals surface area contributed by atoms with Crippen LogP contribution >= 0.6 is 0 Å². The molecule has 2 aliphatic rings. The van der Waals surface area contributed by atoms with Gasteiger partial charge in [0.1, 0.15) is 5.76 Å². The van der Waals surface area contributed by atoms with Crippen LogP contribution in [0.15, 0.2) is 11.5 Å². The number of carboxylic acids is 1. The highest BCUT2D eigenvalue weighted by molar-refractivity contribution is 5.99. The fourth-order valence-electron chi connectivity index (χ4n) is 2.87. The number of nitrogens with zero attached hydrogens (tertiary/aromatic N) is 1. The molecule has 0 aromatic rings. The second kappa shape index (κ2) is 4.28. The van der Waals surface area contributed by atoms with Crippen molar-refractivity contribution in [1.82, 2.24) is 4.90 Å². The number of hydrogen-bond donors (Lipinski definition) is 2. The van der Waals surface area contributed by atoms with Crippen LogP contribution in [-0.4, -0.2) is 45.7 Å². The molecule has 1 unspecified atom stereocenters. The largest absolute Gasteiger partial charge is 0.495 e. The predicted octanol–water partition coefficient (Wildman–Crippen LogP) is 0.177. The van der Waals surface area contributed by atoms with Gasteiger partial charge < -0.3 is 14.9 Å². The molecule has 1 fully saturated rings. The Morgan fingerprint density at radius 2 is 2.17 bits per heavy atom. The zero-order valence-corrected chi connectivity index (χ0v) is 10.6. The Morgan fingerprint density at radius 1 is 1.56 bits per heavy atom. The van der Waals surface area contributed by atoms with E-state index in [0.717, 1.165) is 0 Å². The van der Waals surface area contributed by atoms with Gasteiger partial charge in [-0.05, 0) is 13.8 Å². The average Bonchev–Trinajstić information content (AvgIpc) is 2.50. The molecule has 0 aromatic heterocycles. The van der Waals surface area contributed by atoms with Crippen molar-refractivity contribution in [2.45, 2.75) is 32.9 Å². The summed E-state index contributed by atoms with van der Waals surface area (Å²) in [5.41, 5.74) is -0.0729. The molecule has 4 atom stereocenters. The molecular weight excluding hydrogens is 238 g/mol. The van der Waals surface area contributed by atoms with Gasteiger partial charge in [0.25, 0.3) is 0 Å². The summed E-state index contributed by atoms with van der Waals surface area (Å²) in [6, 6.07) is -0.301. The first-order valence-corrected chi connectivity index (χ1v) is 6.03. The third-order valence-electron chi connectivity index (χ3n) is 3.61. The number of ether oxygens (including phenoxy) is 1. The quantitative estimate of drug-likeness (QED) is 0.700. The van der Waals surface area contributed by atoms with E-state index in [1.807, 2.05) is 6.92 Å². The molecule has 1 amide bonds. The summed E-state index contributed by atoms with van der Waals surface area (Å²) in [4.78, 5) is 24.4. The number of carbonyl (C=O) groups is 2. The molecule has 2 N–H and O–H groups in total. The maximum atomic E-state index is 11.9. The summed E-state index contributed by atoms with van der Waals surface area (Å²) >= 11 is 0. The normalized spacial score (nSPS) is 32.1. The lowest BCUT2D eigenvalue weighted by molar-refractivity contribution is -0.163. The third kappa shape index (κ3) is 1.52. The van der Waals surface area contributed by atoms with Gasteiger partial charge in [0, 0.05) is 5.92 Å². The molecule has 0 bridgehead atoms. The molecule has 0 radical (unpaired) electrons. The first-order chi connectivity index (χ1) is 8.41. The van der Waals surface area contributed by atoms with Crippen molar-refractivity contribution in [1.29, 1.82) is 0 Å². The van der Waals surface area contributed by atoms with Crippen LogP contribution in [0.5, 0.6) is 0 Å². The lowest BCUT2D eigenvalue weighted by atomic mass is 9.79. The Bertz CT molecular complexity index is 428. The van der Waals surface area contributed by atoms with Crippen molar-refractivity contribution in [2.24, 2.45) is 11.8 Å². The highest BCUT2D eigenvalue weighted by Gasteiger charge is 2.60. The molecule has 0 aromatic carbocycles. The number of aliphatic carboxylic acids is 1. The van der Waals surface area contributed by atoms with Crippen molar-refractivity contribution in [3.63, 3.8) is 0 Å². The highest BCUT2D eigenvalue weighted by atomic mass is 16.5. The number of fused-ring (bicyclic) bond motifs is 1. The predicted molar refractivity (Wildman–Crippen MR) is 61.3 cm³/mol. The Morgan fingerprint density at radius 3 is 2.61 bits per heavy atom. The van der Waals surface area contributed by atoms with E-state index in [1.165, 1.54) is 4.90 Å². The van der Waals surface area contributed by atoms with Crippen molar-refractivity contribution >= 4 is 11.9 Å². The first kappa shape index (κ1) is 12.9. The summed E-state index contributed by atoms with van der Waals surface area (Å²) in [5.74, 6) is -1.90. The van der Waals surface area contributed by atoms with Crippen LogP contribution in [0.3, 0.4) is 0 Å². The lowest BCUT2D eigenvalue weighted by Crippen LogP contribution is -2.63. The number of aliphatic hydroxyl groups is 1. The van der Waals surface area contributed by atoms with E-state index in [0.29, 0.717) is 12.4 Å². The van der Waals surface area contributed by atoms with Gasteiger partial charge in [-0.3, -0.25) is 9.69 Å². The molecule has 100 valence electrons. The van der Waals surface area contributed by atoms with Crippen LogP contribution in [0.1, 0.15) is 20.8 Å². The Kier molecular flexibility index (Phi) is 3.06. The molecule has 0 spiro atoms. The molecule has 6 heteroatoms. The van der Waals surface area contributed by atoms with E-state index in [-0.39, 0.29) is 23.6 Å². The van der Waals surface area contributed by atoms with E-state index in [1.54, 1.807) is 13.8 Å². The maximum Gasteiger partial charge on any atom is 0.356 e. The molecule has 2 heterocycles. The minimum atomic E-state index is -1.16. The number of amides is 1. The number of β-lactam (4-membered cyclic amide) rings is 1. The van der Waals surface area contributed by atoms with Crippen molar-refractivity contribution in [2.75, 3.05) is 6.61 Å². The summed E-state index contributed by atoms with van der Waals surface area (Å²) in [5, 5.41) is 18.8. The monoisotopic (exact) mass is 255 g/mol. The third-order valence-corrected chi connectivity index (χ3v) is 3.61. The minimum Gasteiger partial charge on any atom is -0.495 e. The average molecular weight is 255 g/mol. The van der Waals surface area contributed by atoms with E-state index < -0.39 is 18.0 Å². The lowest BCUT2D eigenvalue weighted by Gasteiger charge is -2.45. The van der Waals surface area contributed by atoms with Gasteiger partial charge in [0.15, 0.2) is 5.70 Å². The summed E-state index contributed by atoms with van der Waals surface area (Å²) in [6.45, 7) is 5.49. The smallest absolute Gasteiger partial charge is 0.356 e. The van der Waals surface area contributed by atoms with Crippen LogP contribution < -0.4 is 0 Å². The number of carboxylic acid groups (broad SMARTS) is 1. The van der Waals surface area contributed by atoms with E-state index in [9.17, 15) is 19.8 Å². The molecule has 2 aliphatic heterocycles. The molecular formula is C12H17NO5. The number of carbonyl (C=O) groups excluding carboxylic acids is 1.